The van der Waals surface area contributed by atoms with Crippen molar-refractivity contribution in [3.63, 3.8) is 0 Å². The SMILES string of the molecule is CN1CC[C@]23c4c5ccc(OCc6ccccc6)c4O[C@H]2C(=O)[C@]2(CCc4ccccc4C2)C[C@@]3(O)[C@H]1C5. The van der Waals surface area contributed by atoms with Crippen molar-refractivity contribution in [1.82, 2.24) is 4.90 Å². The van der Waals surface area contributed by atoms with Gasteiger partial charge < -0.3 is 19.5 Å². The van der Waals surface area contributed by atoms with Gasteiger partial charge in [0, 0.05) is 17.0 Å². The van der Waals surface area contributed by atoms with E-state index in [1.165, 1.54) is 16.7 Å². The van der Waals surface area contributed by atoms with E-state index in [-0.39, 0.29) is 11.8 Å². The molecule has 2 heterocycles. The molecule has 2 fully saturated rings. The molecule has 8 rings (SSSR count). The van der Waals surface area contributed by atoms with Crippen molar-refractivity contribution in [2.24, 2.45) is 5.41 Å². The van der Waals surface area contributed by atoms with Crippen LogP contribution in [0, 0.1) is 5.41 Å². The van der Waals surface area contributed by atoms with Crippen LogP contribution in [0.1, 0.15) is 47.1 Å². The molecule has 0 radical (unpaired) electrons. The number of hydrogen-bond acceptors (Lipinski definition) is 5. The van der Waals surface area contributed by atoms with E-state index in [1.807, 2.05) is 36.4 Å². The predicted molar refractivity (Wildman–Crippen MR) is 144 cm³/mol. The number of carbonyl (C=O) groups is 1. The lowest BCUT2D eigenvalue weighted by Crippen LogP contribution is -2.79. The number of ketones is 1. The molecule has 5 nitrogen and oxygen atoms in total. The summed E-state index contributed by atoms with van der Waals surface area (Å²) in [6.07, 6.45) is 3.58. The number of ether oxygens (including phenoxy) is 2. The van der Waals surface area contributed by atoms with Crippen LogP contribution in [0.15, 0.2) is 66.7 Å². The molecule has 2 spiro atoms. The number of likely N-dealkylation sites (N-methyl/N-ethyl adjacent to an activating group) is 1. The molecule has 3 aliphatic carbocycles. The second kappa shape index (κ2) is 7.71. The molecule has 5 heteroatoms. The monoisotopic (exact) mass is 507 g/mol. The summed E-state index contributed by atoms with van der Waals surface area (Å²) in [5.74, 6) is 1.54. The zero-order chi connectivity index (χ0) is 25.7. The Morgan fingerprint density at radius 2 is 1.79 bits per heavy atom. The van der Waals surface area contributed by atoms with E-state index in [4.69, 9.17) is 9.47 Å². The van der Waals surface area contributed by atoms with Crippen LogP contribution in [0.4, 0.5) is 0 Å². The molecular weight excluding hydrogens is 474 g/mol. The van der Waals surface area contributed by atoms with Crippen LogP contribution >= 0.6 is 0 Å². The van der Waals surface area contributed by atoms with Gasteiger partial charge in [-0.25, -0.2) is 0 Å². The molecule has 38 heavy (non-hydrogen) atoms. The highest BCUT2D eigenvalue weighted by atomic mass is 16.5. The Bertz CT molecular complexity index is 1470. The molecule has 194 valence electrons. The lowest BCUT2D eigenvalue weighted by Gasteiger charge is -2.65. The molecule has 2 bridgehead atoms. The highest BCUT2D eigenvalue weighted by Crippen LogP contribution is 2.68. The molecule has 0 amide bonds. The Morgan fingerprint density at radius 3 is 2.63 bits per heavy atom. The van der Waals surface area contributed by atoms with Gasteiger partial charge in [0.2, 0.25) is 0 Å². The minimum absolute atomic E-state index is 0.0426. The van der Waals surface area contributed by atoms with Gasteiger partial charge in [-0.05, 0) is 80.4 Å². The maximum Gasteiger partial charge on any atom is 0.180 e. The van der Waals surface area contributed by atoms with E-state index in [1.54, 1.807) is 0 Å². The highest BCUT2D eigenvalue weighted by molar-refractivity contribution is 5.95. The number of hydrogen-bond donors (Lipinski definition) is 1. The lowest BCUT2D eigenvalue weighted by molar-refractivity contribution is -0.208. The van der Waals surface area contributed by atoms with E-state index in [2.05, 4.69) is 42.3 Å². The summed E-state index contributed by atoms with van der Waals surface area (Å²) in [5.41, 5.74) is 3.50. The fourth-order valence-electron chi connectivity index (χ4n) is 8.79. The van der Waals surface area contributed by atoms with Gasteiger partial charge in [-0.3, -0.25) is 4.79 Å². The average molecular weight is 508 g/mol. The molecular formula is C33H33NO4. The number of nitrogens with zero attached hydrogens (tertiary/aromatic N) is 1. The van der Waals surface area contributed by atoms with Crippen molar-refractivity contribution in [2.45, 2.75) is 68.3 Å². The van der Waals surface area contributed by atoms with Crippen molar-refractivity contribution < 1.29 is 19.4 Å². The van der Waals surface area contributed by atoms with Gasteiger partial charge in [-0.1, -0.05) is 60.7 Å². The third-order valence-corrected chi connectivity index (χ3v) is 10.6. The van der Waals surface area contributed by atoms with E-state index in [9.17, 15) is 9.90 Å². The van der Waals surface area contributed by atoms with Gasteiger partial charge in [-0.15, -0.1) is 0 Å². The maximum atomic E-state index is 14.7. The Balaban J connectivity index is 1.26. The van der Waals surface area contributed by atoms with Crippen molar-refractivity contribution in [3.05, 3.63) is 94.5 Å². The van der Waals surface area contributed by atoms with Gasteiger partial charge >= 0.3 is 0 Å². The van der Waals surface area contributed by atoms with Crippen molar-refractivity contribution in [3.8, 4) is 11.5 Å². The molecule has 3 aromatic carbocycles. The number of Topliss-reactive ketones (excluding diaryl/α,β-unsaturated/α-hetero) is 1. The summed E-state index contributed by atoms with van der Waals surface area (Å²) in [5, 5.41) is 12.9. The fourth-order valence-corrected chi connectivity index (χ4v) is 8.79. The van der Waals surface area contributed by atoms with Gasteiger partial charge in [-0.2, -0.15) is 0 Å². The van der Waals surface area contributed by atoms with Gasteiger partial charge in [0.1, 0.15) is 6.61 Å². The van der Waals surface area contributed by atoms with E-state index in [0.717, 1.165) is 36.9 Å². The number of benzene rings is 3. The molecule has 1 saturated heterocycles. The molecule has 5 aliphatic rings. The fraction of sp³-hybridized carbons (Fsp3) is 0.424. The first kappa shape index (κ1) is 22.8. The topological polar surface area (TPSA) is 59.0 Å². The number of fused-ring (bicyclic) bond motifs is 1. The maximum absolute atomic E-state index is 14.7. The highest BCUT2D eigenvalue weighted by Gasteiger charge is 2.77. The third kappa shape index (κ3) is 2.76. The van der Waals surface area contributed by atoms with Gasteiger partial charge in [0.15, 0.2) is 23.4 Å². The Hall–Kier alpha value is -3.15. The van der Waals surface area contributed by atoms with Crippen LogP contribution in [-0.2, 0) is 36.1 Å². The smallest absolute Gasteiger partial charge is 0.180 e. The lowest BCUT2D eigenvalue weighted by atomic mass is 9.43. The standard InChI is InChI=1S/C33H33NO4/c1-34-16-15-32-27-23-11-12-25(37-19-21-7-3-2-4-8-21)28(27)38-30(32)29(35)31(20-33(32,36)26(34)17-23)14-13-22-9-5-6-10-24(22)18-31/h2-12,26,30,36H,13-20H2,1H3/t26-,30+,31+,32+,33-/m1/s1. The molecule has 0 unspecified atom stereocenters. The number of rotatable bonds is 3. The quantitative estimate of drug-likeness (QED) is 0.570. The first-order valence-electron chi connectivity index (χ1n) is 14.0. The van der Waals surface area contributed by atoms with E-state index >= 15 is 0 Å². The molecule has 5 atom stereocenters. The predicted octanol–water partition coefficient (Wildman–Crippen LogP) is 4.40. The third-order valence-electron chi connectivity index (χ3n) is 10.6. The summed E-state index contributed by atoms with van der Waals surface area (Å²) in [4.78, 5) is 17.0. The minimum atomic E-state index is -1.04. The Labute approximate surface area is 223 Å². The summed E-state index contributed by atoms with van der Waals surface area (Å²) >= 11 is 0. The molecule has 2 aliphatic heterocycles. The van der Waals surface area contributed by atoms with Crippen LogP contribution in [0.3, 0.4) is 0 Å². The van der Waals surface area contributed by atoms with Crippen LogP contribution < -0.4 is 9.47 Å². The molecule has 1 N–H and O–H groups in total. The summed E-state index contributed by atoms with van der Waals surface area (Å²) in [6, 6.07) is 22.7. The first-order valence-corrected chi connectivity index (χ1v) is 14.0. The van der Waals surface area contributed by atoms with Crippen LogP contribution in [0.5, 0.6) is 11.5 Å². The van der Waals surface area contributed by atoms with E-state index in [0.29, 0.717) is 37.4 Å². The minimum Gasteiger partial charge on any atom is -0.485 e. The number of aryl methyl sites for hydroxylation is 1. The Morgan fingerprint density at radius 1 is 1.00 bits per heavy atom. The number of likely N-dealkylation sites (tertiary alicyclic amines) is 1. The molecule has 3 aromatic rings. The Kier molecular flexibility index (Phi) is 4.62. The second-order valence-electron chi connectivity index (χ2n) is 12.3. The normalized spacial score (nSPS) is 34.4. The zero-order valence-corrected chi connectivity index (χ0v) is 21.8. The largest absolute Gasteiger partial charge is 0.485 e. The summed E-state index contributed by atoms with van der Waals surface area (Å²) in [6.45, 7) is 1.27. The molecule has 1 saturated carbocycles. The van der Waals surface area contributed by atoms with Crippen LogP contribution in [0.25, 0.3) is 0 Å². The van der Waals surface area contributed by atoms with Crippen molar-refractivity contribution >= 4 is 5.78 Å². The molecule has 0 aromatic heterocycles. The van der Waals surface area contributed by atoms with E-state index < -0.39 is 22.5 Å². The van der Waals surface area contributed by atoms with Crippen molar-refractivity contribution in [1.29, 1.82) is 0 Å². The van der Waals surface area contributed by atoms with Crippen molar-refractivity contribution in [2.75, 3.05) is 13.6 Å². The van der Waals surface area contributed by atoms with Crippen LogP contribution in [-0.4, -0.2) is 47.1 Å². The average Bonchev–Trinajstić information content (AvgIpc) is 3.29. The zero-order valence-electron chi connectivity index (χ0n) is 21.8. The van der Waals surface area contributed by atoms with Gasteiger partial charge in [0.25, 0.3) is 0 Å². The number of piperidine rings is 1. The van der Waals surface area contributed by atoms with Gasteiger partial charge in [0.05, 0.1) is 11.0 Å². The second-order valence-corrected chi connectivity index (χ2v) is 12.3. The van der Waals surface area contributed by atoms with Crippen LogP contribution in [0.2, 0.25) is 0 Å². The number of aliphatic hydroxyl groups is 1. The number of carbonyl (C=O) groups excluding carboxylic acids is 1. The first-order chi connectivity index (χ1) is 18.5. The summed E-state index contributed by atoms with van der Waals surface area (Å²) < 4.78 is 13.1. The summed E-state index contributed by atoms with van der Waals surface area (Å²) in [7, 11) is 2.13.